The molecule has 1 aliphatic carbocycles. The average molecular weight is 439 g/mol. The van der Waals surface area contributed by atoms with Crippen LogP contribution in [0, 0.1) is 11.3 Å². The van der Waals surface area contributed by atoms with E-state index in [-0.39, 0.29) is 11.7 Å². The van der Waals surface area contributed by atoms with E-state index in [1.165, 1.54) is 23.1 Å². The average Bonchev–Trinajstić information content (AvgIpc) is 3.25. The number of pyridine rings is 1. The maximum atomic E-state index is 12.6. The first-order chi connectivity index (χ1) is 14.7. The van der Waals surface area contributed by atoms with Crippen LogP contribution >= 0.6 is 23.1 Å². The fourth-order valence-corrected chi connectivity index (χ4v) is 5.70. The van der Waals surface area contributed by atoms with Gasteiger partial charge in [0, 0.05) is 29.4 Å². The van der Waals surface area contributed by atoms with Gasteiger partial charge in [-0.2, -0.15) is 5.26 Å². The highest BCUT2D eigenvalue weighted by molar-refractivity contribution is 7.99. The molecule has 1 N–H and O–H groups in total. The van der Waals surface area contributed by atoms with E-state index >= 15 is 0 Å². The van der Waals surface area contributed by atoms with Gasteiger partial charge in [-0.1, -0.05) is 18.2 Å². The van der Waals surface area contributed by atoms with Crippen molar-refractivity contribution in [3.8, 4) is 17.5 Å². The summed E-state index contributed by atoms with van der Waals surface area (Å²) in [6.45, 7) is 2.72. The minimum Gasteiger partial charge on any atom is -0.316 e. The number of nitrogens with one attached hydrogen (secondary N) is 1. The van der Waals surface area contributed by atoms with Gasteiger partial charge in [0.1, 0.15) is 11.1 Å². The van der Waals surface area contributed by atoms with Crippen LogP contribution in [0.1, 0.15) is 42.2 Å². The van der Waals surface area contributed by atoms with Crippen LogP contribution in [0.5, 0.6) is 0 Å². The number of carbonyl (C=O) groups excluding carboxylic acids is 1. The zero-order valence-corrected chi connectivity index (χ0v) is 18.4. The van der Waals surface area contributed by atoms with Gasteiger partial charge < -0.3 is 9.88 Å². The molecule has 0 fully saturated rings. The molecule has 7 nitrogen and oxygen atoms in total. The third-order valence-corrected chi connectivity index (χ3v) is 7.26. The molecule has 1 aliphatic rings. The Morgan fingerprint density at radius 1 is 1.27 bits per heavy atom. The summed E-state index contributed by atoms with van der Waals surface area (Å²) in [5.74, 6) is 0.836. The predicted molar refractivity (Wildman–Crippen MR) is 119 cm³/mol. The lowest BCUT2D eigenvalue weighted by atomic mass is 10.1. The van der Waals surface area contributed by atoms with Gasteiger partial charge in [0.15, 0.2) is 11.0 Å². The van der Waals surface area contributed by atoms with E-state index < -0.39 is 0 Å². The largest absolute Gasteiger partial charge is 0.316 e. The van der Waals surface area contributed by atoms with E-state index in [0.717, 1.165) is 42.6 Å². The summed E-state index contributed by atoms with van der Waals surface area (Å²) < 4.78 is 1.99. The van der Waals surface area contributed by atoms with Crippen molar-refractivity contribution in [3.05, 3.63) is 40.5 Å². The summed E-state index contributed by atoms with van der Waals surface area (Å²) in [5.41, 5.74) is 2.72. The van der Waals surface area contributed by atoms with Crippen molar-refractivity contribution in [2.75, 3.05) is 11.1 Å². The second-order valence-electron chi connectivity index (χ2n) is 7.00. The Bertz CT molecular complexity index is 1080. The summed E-state index contributed by atoms with van der Waals surface area (Å²) in [6.07, 6.45) is 8.82. The Morgan fingerprint density at radius 2 is 2.07 bits per heavy atom. The number of aromatic nitrogens is 4. The molecular formula is C21H22N6OS2. The fourth-order valence-electron chi connectivity index (χ4n) is 3.64. The fraction of sp³-hybridized carbons (Fsp3) is 0.381. The van der Waals surface area contributed by atoms with Crippen LogP contribution in [0.4, 0.5) is 5.00 Å². The zero-order valence-electron chi connectivity index (χ0n) is 16.7. The number of rotatable bonds is 6. The standard InChI is InChI=1S/C21H22N6OS2/c1-2-27-19(14-8-10-23-11-9-14)25-26-21(27)29-13-18(28)24-20-16(12-22)15-6-4-3-5-7-17(15)30-20/h8-11H,2-7,13H2,1H3,(H,24,28). The number of aryl methyl sites for hydroxylation is 1. The predicted octanol–water partition coefficient (Wildman–Crippen LogP) is 4.29. The monoisotopic (exact) mass is 438 g/mol. The van der Waals surface area contributed by atoms with Crippen molar-refractivity contribution in [1.29, 1.82) is 5.26 Å². The van der Waals surface area contributed by atoms with Crippen LogP contribution in [-0.4, -0.2) is 31.4 Å². The van der Waals surface area contributed by atoms with Crippen molar-refractivity contribution in [1.82, 2.24) is 19.7 Å². The van der Waals surface area contributed by atoms with Crippen LogP contribution < -0.4 is 5.32 Å². The van der Waals surface area contributed by atoms with Gasteiger partial charge in [-0.3, -0.25) is 9.78 Å². The molecule has 0 spiro atoms. The van der Waals surface area contributed by atoms with Crippen LogP contribution in [0.25, 0.3) is 11.4 Å². The number of thioether (sulfide) groups is 1. The zero-order chi connectivity index (χ0) is 20.9. The topological polar surface area (TPSA) is 96.5 Å². The molecule has 0 aromatic carbocycles. The summed E-state index contributed by atoms with van der Waals surface area (Å²) in [7, 11) is 0. The van der Waals surface area contributed by atoms with Crippen LogP contribution in [0.3, 0.4) is 0 Å². The highest BCUT2D eigenvalue weighted by Gasteiger charge is 2.21. The third kappa shape index (κ3) is 4.25. The molecule has 3 heterocycles. The lowest BCUT2D eigenvalue weighted by molar-refractivity contribution is -0.113. The van der Waals surface area contributed by atoms with E-state index in [2.05, 4.69) is 26.6 Å². The molecule has 3 aromatic heterocycles. The Balaban J connectivity index is 1.45. The minimum atomic E-state index is -0.135. The second-order valence-corrected chi connectivity index (χ2v) is 9.05. The molecule has 0 radical (unpaired) electrons. The van der Waals surface area contributed by atoms with Gasteiger partial charge in [-0.05, 0) is 50.3 Å². The molecule has 0 saturated carbocycles. The minimum absolute atomic E-state index is 0.135. The number of hydrogen-bond acceptors (Lipinski definition) is 7. The van der Waals surface area contributed by atoms with E-state index in [1.807, 2.05) is 23.6 Å². The van der Waals surface area contributed by atoms with Gasteiger partial charge in [0.05, 0.1) is 11.3 Å². The Morgan fingerprint density at radius 3 is 2.83 bits per heavy atom. The first-order valence-electron chi connectivity index (χ1n) is 10.0. The SMILES string of the molecule is CCn1c(SCC(=O)Nc2sc3c(c2C#N)CCCCC3)nnc1-c1ccncc1. The van der Waals surface area contributed by atoms with Gasteiger partial charge in [0.25, 0.3) is 0 Å². The Hall–Kier alpha value is -2.70. The van der Waals surface area contributed by atoms with E-state index in [0.29, 0.717) is 22.3 Å². The maximum absolute atomic E-state index is 12.6. The number of carbonyl (C=O) groups is 1. The van der Waals surface area contributed by atoms with Crippen LogP contribution in [0.2, 0.25) is 0 Å². The molecule has 0 saturated heterocycles. The molecule has 3 aromatic rings. The molecular weight excluding hydrogens is 416 g/mol. The van der Waals surface area contributed by atoms with Gasteiger partial charge >= 0.3 is 0 Å². The second kappa shape index (κ2) is 9.41. The van der Waals surface area contributed by atoms with Crippen molar-refractivity contribution < 1.29 is 4.79 Å². The molecule has 30 heavy (non-hydrogen) atoms. The molecule has 0 unspecified atom stereocenters. The molecule has 0 aliphatic heterocycles. The van der Waals surface area contributed by atoms with Crippen LogP contribution in [-0.2, 0) is 24.2 Å². The summed E-state index contributed by atoms with van der Waals surface area (Å²) >= 11 is 2.91. The number of nitriles is 1. The summed E-state index contributed by atoms with van der Waals surface area (Å²) in [6, 6.07) is 6.09. The summed E-state index contributed by atoms with van der Waals surface area (Å²) in [4.78, 5) is 17.9. The number of thiophene rings is 1. The third-order valence-electron chi connectivity index (χ3n) is 5.09. The summed E-state index contributed by atoms with van der Waals surface area (Å²) in [5, 5.41) is 22.5. The Labute approximate surface area is 183 Å². The number of anilines is 1. The Kier molecular flexibility index (Phi) is 6.45. The number of nitrogens with zero attached hydrogens (tertiary/aromatic N) is 5. The van der Waals surface area contributed by atoms with E-state index in [9.17, 15) is 10.1 Å². The smallest absolute Gasteiger partial charge is 0.235 e. The number of amides is 1. The molecule has 9 heteroatoms. The van der Waals surface area contributed by atoms with Crippen molar-refractivity contribution in [3.63, 3.8) is 0 Å². The lowest BCUT2D eigenvalue weighted by Gasteiger charge is -2.07. The molecule has 4 rings (SSSR count). The molecule has 1 amide bonds. The lowest BCUT2D eigenvalue weighted by Crippen LogP contribution is -2.14. The van der Waals surface area contributed by atoms with Gasteiger partial charge in [0.2, 0.25) is 5.91 Å². The van der Waals surface area contributed by atoms with Crippen LogP contribution in [0.15, 0.2) is 29.7 Å². The highest BCUT2D eigenvalue weighted by atomic mass is 32.2. The van der Waals surface area contributed by atoms with Crippen molar-refractivity contribution in [2.45, 2.75) is 50.7 Å². The molecule has 154 valence electrons. The maximum Gasteiger partial charge on any atom is 0.235 e. The van der Waals surface area contributed by atoms with E-state index in [4.69, 9.17) is 0 Å². The highest BCUT2D eigenvalue weighted by Crippen LogP contribution is 2.37. The number of fused-ring (bicyclic) bond motifs is 1. The molecule has 0 atom stereocenters. The van der Waals surface area contributed by atoms with Crippen molar-refractivity contribution >= 4 is 34.0 Å². The van der Waals surface area contributed by atoms with Gasteiger partial charge in [-0.25, -0.2) is 0 Å². The van der Waals surface area contributed by atoms with Gasteiger partial charge in [-0.15, -0.1) is 21.5 Å². The first-order valence-corrected chi connectivity index (χ1v) is 11.8. The van der Waals surface area contributed by atoms with Crippen molar-refractivity contribution in [2.24, 2.45) is 0 Å². The molecule has 0 bridgehead atoms. The quantitative estimate of drug-likeness (QED) is 0.455. The first kappa shape index (κ1) is 20.6. The normalized spacial score (nSPS) is 13.3. The van der Waals surface area contributed by atoms with E-state index in [1.54, 1.807) is 23.7 Å². The number of hydrogen-bond donors (Lipinski definition) is 1.